The van der Waals surface area contributed by atoms with Crippen molar-refractivity contribution < 1.29 is 42.9 Å². The predicted molar refractivity (Wildman–Crippen MR) is 135 cm³/mol. The van der Waals surface area contributed by atoms with Crippen molar-refractivity contribution in [2.24, 2.45) is 0 Å². The Labute approximate surface area is 226 Å². The number of piperidine rings is 1. The number of hydrogen-bond acceptors (Lipinski definition) is 11. The Balaban J connectivity index is 1.92. The lowest BCUT2D eigenvalue weighted by atomic mass is 9.96. The van der Waals surface area contributed by atoms with Gasteiger partial charge in [0, 0.05) is 46.6 Å². The second-order valence-electron chi connectivity index (χ2n) is 9.06. The number of carbonyl (C=O) groups excluding carboxylic acids is 4. The van der Waals surface area contributed by atoms with E-state index in [1.54, 1.807) is 12.4 Å². The van der Waals surface area contributed by atoms with Gasteiger partial charge in [-0.25, -0.2) is 0 Å². The second-order valence-corrected chi connectivity index (χ2v) is 9.45. The molecule has 0 aromatic carbocycles. The Bertz CT molecular complexity index is 1020. The van der Waals surface area contributed by atoms with Crippen LogP contribution in [0.5, 0.6) is 0 Å². The quantitative estimate of drug-likeness (QED) is 0.298. The average Bonchev–Trinajstić information content (AvgIpc) is 2.86. The zero-order chi connectivity index (χ0) is 27.8. The molecule has 1 N–H and O–H groups in total. The smallest absolute Gasteiger partial charge is 0.303 e. The summed E-state index contributed by atoms with van der Waals surface area (Å²) in [5.74, 6) is -2.67. The van der Waals surface area contributed by atoms with Crippen molar-refractivity contribution in [1.29, 1.82) is 0 Å². The van der Waals surface area contributed by atoms with Gasteiger partial charge in [-0.1, -0.05) is 6.07 Å². The van der Waals surface area contributed by atoms with Crippen molar-refractivity contribution in [2.45, 2.75) is 83.6 Å². The number of aromatic nitrogens is 1. The highest BCUT2D eigenvalue weighted by Crippen LogP contribution is 2.32. The summed E-state index contributed by atoms with van der Waals surface area (Å²) in [6.45, 7) is 5.10. The summed E-state index contributed by atoms with van der Waals surface area (Å²) >= 11 is 5.76. The SMILES string of the molecule is CC(=O)OC[C@@H]1O[C@@H](NC(=S)N2CCCC[C@@H]2c2cccnc2)[C@@H](OC(C)=O)[C@@H](OC(C)=O)[C@@H]1OC(C)=O. The maximum Gasteiger partial charge on any atom is 0.303 e. The first-order valence-electron chi connectivity index (χ1n) is 12.3. The molecule has 0 radical (unpaired) electrons. The highest BCUT2D eigenvalue weighted by atomic mass is 32.1. The number of likely N-dealkylation sites (tertiary alicyclic amines) is 1. The van der Waals surface area contributed by atoms with E-state index in [0.29, 0.717) is 11.7 Å². The maximum absolute atomic E-state index is 12.1. The molecule has 1 aromatic heterocycles. The summed E-state index contributed by atoms with van der Waals surface area (Å²) < 4.78 is 27.6. The monoisotopic (exact) mass is 551 g/mol. The number of nitrogens with zero attached hydrogens (tertiary/aromatic N) is 2. The molecule has 1 aromatic rings. The van der Waals surface area contributed by atoms with E-state index in [1.165, 1.54) is 27.7 Å². The summed E-state index contributed by atoms with van der Waals surface area (Å²) in [4.78, 5) is 53.8. The summed E-state index contributed by atoms with van der Waals surface area (Å²) in [5.41, 5.74) is 0.998. The van der Waals surface area contributed by atoms with E-state index >= 15 is 0 Å². The fraction of sp³-hybridized carbons (Fsp3) is 0.600. The first kappa shape index (κ1) is 29.2. The minimum atomic E-state index is -1.27. The van der Waals surface area contributed by atoms with Crippen molar-refractivity contribution in [3.8, 4) is 0 Å². The van der Waals surface area contributed by atoms with Crippen LogP contribution in [-0.2, 0) is 42.9 Å². The second kappa shape index (κ2) is 13.5. The van der Waals surface area contributed by atoms with E-state index in [2.05, 4.69) is 10.3 Å². The topological polar surface area (TPSA) is 143 Å². The number of nitrogens with one attached hydrogen (secondary N) is 1. The molecule has 3 rings (SSSR count). The fourth-order valence-corrected chi connectivity index (χ4v) is 4.98. The number of pyridine rings is 1. The fourth-order valence-electron chi connectivity index (χ4n) is 4.64. The summed E-state index contributed by atoms with van der Waals surface area (Å²) in [5, 5.41) is 3.42. The van der Waals surface area contributed by atoms with E-state index < -0.39 is 54.5 Å². The molecule has 13 heteroatoms. The van der Waals surface area contributed by atoms with Gasteiger partial charge in [-0.3, -0.25) is 24.2 Å². The molecule has 12 nitrogen and oxygen atoms in total. The number of ether oxygens (including phenoxy) is 5. The van der Waals surface area contributed by atoms with Crippen LogP contribution in [0.25, 0.3) is 0 Å². The lowest BCUT2D eigenvalue weighted by molar-refractivity contribution is -0.255. The number of rotatable bonds is 7. The Hall–Kier alpha value is -3.32. The Morgan fingerprint density at radius 3 is 2.26 bits per heavy atom. The molecule has 6 atom stereocenters. The van der Waals surface area contributed by atoms with Crippen molar-refractivity contribution in [3.63, 3.8) is 0 Å². The molecule has 38 heavy (non-hydrogen) atoms. The summed E-state index contributed by atoms with van der Waals surface area (Å²) in [6, 6.07) is 3.80. The van der Waals surface area contributed by atoms with Crippen molar-refractivity contribution in [1.82, 2.24) is 15.2 Å². The molecule has 0 spiro atoms. The van der Waals surface area contributed by atoms with E-state index in [1.807, 2.05) is 17.0 Å². The zero-order valence-corrected chi connectivity index (χ0v) is 22.6. The minimum absolute atomic E-state index is 0.0388. The maximum atomic E-state index is 12.1. The van der Waals surface area contributed by atoms with Gasteiger partial charge in [0.15, 0.2) is 29.7 Å². The summed E-state index contributed by atoms with van der Waals surface area (Å²) in [6.07, 6.45) is 0.338. The van der Waals surface area contributed by atoms with Gasteiger partial charge >= 0.3 is 23.9 Å². The van der Waals surface area contributed by atoms with Gasteiger partial charge in [0.25, 0.3) is 0 Å². The van der Waals surface area contributed by atoms with Crippen LogP contribution >= 0.6 is 12.2 Å². The summed E-state index contributed by atoms with van der Waals surface area (Å²) in [7, 11) is 0. The molecule has 0 bridgehead atoms. The van der Waals surface area contributed by atoms with Crippen molar-refractivity contribution in [2.75, 3.05) is 13.2 Å². The van der Waals surface area contributed by atoms with Crippen LogP contribution in [0.1, 0.15) is 58.6 Å². The van der Waals surface area contributed by atoms with Crippen LogP contribution in [0.4, 0.5) is 0 Å². The van der Waals surface area contributed by atoms with E-state index in [4.69, 9.17) is 35.9 Å². The van der Waals surface area contributed by atoms with Crippen LogP contribution in [0.2, 0.25) is 0 Å². The van der Waals surface area contributed by atoms with Gasteiger partial charge in [-0.05, 0) is 43.1 Å². The Kier molecular flexibility index (Phi) is 10.4. The highest BCUT2D eigenvalue weighted by molar-refractivity contribution is 7.80. The number of thiocarbonyl (C=S) groups is 1. The van der Waals surface area contributed by atoms with Crippen molar-refractivity contribution >= 4 is 41.2 Å². The van der Waals surface area contributed by atoms with Crippen LogP contribution in [0, 0.1) is 0 Å². The average molecular weight is 552 g/mol. The molecule has 0 amide bonds. The van der Waals surface area contributed by atoms with Gasteiger partial charge in [0.05, 0.1) is 6.04 Å². The number of hydrogen-bond donors (Lipinski definition) is 1. The van der Waals surface area contributed by atoms with Crippen LogP contribution in [0.15, 0.2) is 24.5 Å². The van der Waals surface area contributed by atoms with E-state index in [0.717, 1.165) is 24.8 Å². The third kappa shape index (κ3) is 7.84. The lowest BCUT2D eigenvalue weighted by Crippen LogP contribution is -2.67. The molecule has 0 saturated carbocycles. The number of esters is 4. The highest BCUT2D eigenvalue weighted by Gasteiger charge is 2.52. The van der Waals surface area contributed by atoms with Gasteiger partial charge in [-0.15, -0.1) is 0 Å². The lowest BCUT2D eigenvalue weighted by Gasteiger charge is -2.46. The zero-order valence-electron chi connectivity index (χ0n) is 21.8. The van der Waals surface area contributed by atoms with Gasteiger partial charge in [0.1, 0.15) is 12.7 Å². The molecular formula is C25H33N3O9S. The third-order valence-electron chi connectivity index (χ3n) is 6.09. The first-order valence-corrected chi connectivity index (χ1v) is 12.7. The van der Waals surface area contributed by atoms with Crippen LogP contribution in [0.3, 0.4) is 0 Å². The minimum Gasteiger partial charge on any atom is -0.463 e. The normalized spacial score (nSPS) is 27.0. The molecule has 208 valence electrons. The van der Waals surface area contributed by atoms with Gasteiger partial charge in [0.2, 0.25) is 0 Å². The molecule has 0 unspecified atom stereocenters. The third-order valence-corrected chi connectivity index (χ3v) is 6.44. The molecule has 2 fully saturated rings. The molecule has 0 aliphatic carbocycles. The molecule has 2 saturated heterocycles. The molecular weight excluding hydrogens is 518 g/mol. The van der Waals surface area contributed by atoms with Crippen molar-refractivity contribution in [3.05, 3.63) is 30.1 Å². The molecule has 2 aliphatic heterocycles. The van der Waals surface area contributed by atoms with E-state index in [-0.39, 0.29) is 12.6 Å². The van der Waals surface area contributed by atoms with Crippen LogP contribution in [-0.4, -0.2) is 82.7 Å². The number of carbonyl (C=O) groups is 4. The predicted octanol–water partition coefficient (Wildman–Crippen LogP) is 1.57. The molecule has 2 aliphatic rings. The first-order chi connectivity index (χ1) is 18.1. The van der Waals surface area contributed by atoms with E-state index in [9.17, 15) is 19.2 Å². The van der Waals surface area contributed by atoms with Crippen LogP contribution < -0.4 is 5.32 Å². The molecule has 3 heterocycles. The van der Waals surface area contributed by atoms with Gasteiger partial charge < -0.3 is 33.9 Å². The largest absolute Gasteiger partial charge is 0.463 e. The Morgan fingerprint density at radius 1 is 1.00 bits per heavy atom. The Morgan fingerprint density at radius 2 is 1.66 bits per heavy atom. The standard InChI is InChI=1S/C25H33N3O9S/c1-14(29)33-13-20-21(34-15(2)30)22(35-16(3)31)23(36-17(4)32)24(37-20)27-25(38)28-11-6-5-9-19(28)18-8-7-10-26-12-18/h7-8,10,12,19-24H,5-6,9,11,13H2,1-4H3,(H,27,38)/t19-,20+,21-,22+,23+,24-/m1/s1. The van der Waals surface area contributed by atoms with Gasteiger partial charge in [-0.2, -0.15) is 0 Å².